The molecule has 12 aromatic rings. The molecule has 0 aliphatic rings. The van der Waals surface area contributed by atoms with Gasteiger partial charge < -0.3 is 9.13 Å². The molecule has 0 radical (unpaired) electrons. The summed E-state index contributed by atoms with van der Waals surface area (Å²) in [5.74, 6) is -1.65. The Hall–Kier alpha value is -8.85. The van der Waals surface area contributed by atoms with Crippen LogP contribution in [0.25, 0.3) is 111 Å². The maximum absolute atomic E-state index is 17.1. The first-order valence-electron chi connectivity index (χ1n) is 21.9. The molecule has 12 rings (SSSR count). The van der Waals surface area contributed by atoms with E-state index < -0.39 is 11.6 Å². The number of hydrogen-bond donors (Lipinski definition) is 0. The van der Waals surface area contributed by atoms with Crippen LogP contribution in [0.1, 0.15) is 5.56 Å². The van der Waals surface area contributed by atoms with Crippen LogP contribution in [0.4, 0.5) is 8.78 Å². The minimum Gasteiger partial charge on any atom is -0.309 e. The summed E-state index contributed by atoms with van der Waals surface area (Å²) in [7, 11) is 0. The maximum Gasteiger partial charge on any atom is 0.135 e. The van der Waals surface area contributed by atoms with Gasteiger partial charge in [-0.1, -0.05) is 164 Å². The highest BCUT2D eigenvalue weighted by Gasteiger charge is 2.27. The van der Waals surface area contributed by atoms with Crippen molar-refractivity contribution in [1.29, 1.82) is 5.26 Å². The second-order valence-corrected chi connectivity index (χ2v) is 16.7. The van der Waals surface area contributed by atoms with Gasteiger partial charge in [0.1, 0.15) is 11.6 Å². The topological polar surface area (TPSA) is 33.6 Å². The Bertz CT molecular complexity index is 3640. The third kappa shape index (κ3) is 6.38. The van der Waals surface area contributed by atoms with E-state index >= 15 is 8.78 Å². The Morgan fingerprint density at radius 3 is 1.05 bits per heavy atom. The quantitative estimate of drug-likeness (QED) is 0.157. The molecule has 0 saturated carbocycles. The van der Waals surface area contributed by atoms with Crippen LogP contribution >= 0.6 is 0 Å². The van der Waals surface area contributed by atoms with Crippen molar-refractivity contribution in [2.45, 2.75) is 0 Å². The van der Waals surface area contributed by atoms with Crippen LogP contribution in [0.15, 0.2) is 224 Å². The lowest BCUT2D eigenvalue weighted by atomic mass is 9.97. The molecule has 3 nitrogen and oxygen atoms in total. The largest absolute Gasteiger partial charge is 0.309 e. The number of halogens is 2. The van der Waals surface area contributed by atoms with Gasteiger partial charge in [0.2, 0.25) is 0 Å². The fraction of sp³-hybridized carbons (Fsp3) is 0. The zero-order valence-corrected chi connectivity index (χ0v) is 35.5. The van der Waals surface area contributed by atoms with E-state index in [2.05, 4.69) is 130 Å². The van der Waals surface area contributed by atoms with Crippen molar-refractivity contribution in [3.05, 3.63) is 242 Å². The van der Waals surface area contributed by atoms with Crippen LogP contribution in [0.2, 0.25) is 0 Å². The standard InChI is InChI=1S/C61H37F2N3/c62-52-32-39(38-64)33-53(63)60(52)61-56(65-54-30-26-44(40-14-5-1-6-15-40)34-50(54)48-28-24-46(36-58(48)65)42-18-9-3-10-19-42)22-13-23-57(61)66-55-31-27-45(41-16-7-2-8-17-41)35-51(55)49-29-25-47(37-59(49)66)43-20-11-4-12-21-43/h1-37H. The Morgan fingerprint density at radius 2 is 0.667 bits per heavy atom. The maximum atomic E-state index is 17.1. The van der Waals surface area contributed by atoms with Gasteiger partial charge in [-0.15, -0.1) is 0 Å². The minimum absolute atomic E-state index is 0.0941. The van der Waals surface area contributed by atoms with Gasteiger partial charge in [0.15, 0.2) is 0 Å². The Labute approximate surface area is 379 Å². The van der Waals surface area contributed by atoms with Crippen molar-refractivity contribution < 1.29 is 8.78 Å². The van der Waals surface area contributed by atoms with E-state index in [1.807, 2.05) is 97.1 Å². The predicted octanol–water partition coefficient (Wildman–Crippen LogP) is 16.4. The SMILES string of the molecule is N#Cc1cc(F)c(-c2c(-n3c4ccc(-c5ccccc5)cc4c4ccc(-c5ccccc5)cc43)cccc2-n2c3ccc(-c4ccccc4)cc3c3ccc(-c4ccccc4)cc32)c(F)c1. The molecule has 0 saturated heterocycles. The monoisotopic (exact) mass is 849 g/mol. The van der Waals surface area contributed by atoms with Gasteiger partial charge in [0, 0.05) is 27.1 Å². The van der Waals surface area contributed by atoms with Gasteiger partial charge in [-0.25, -0.2) is 8.78 Å². The highest BCUT2D eigenvalue weighted by Crippen LogP contribution is 2.46. The lowest BCUT2D eigenvalue weighted by Gasteiger charge is -2.21. The fourth-order valence-electron chi connectivity index (χ4n) is 9.84. The fourth-order valence-corrected chi connectivity index (χ4v) is 9.84. The zero-order valence-electron chi connectivity index (χ0n) is 35.5. The van der Waals surface area contributed by atoms with Gasteiger partial charge in [0.25, 0.3) is 0 Å². The second-order valence-electron chi connectivity index (χ2n) is 16.7. The molecule has 2 aromatic heterocycles. The van der Waals surface area contributed by atoms with E-state index in [-0.39, 0.29) is 11.1 Å². The summed E-state index contributed by atoms with van der Waals surface area (Å²) in [6.07, 6.45) is 0. The van der Waals surface area contributed by atoms with Crippen LogP contribution in [-0.4, -0.2) is 9.13 Å². The van der Waals surface area contributed by atoms with Gasteiger partial charge in [-0.3, -0.25) is 0 Å². The van der Waals surface area contributed by atoms with Crippen LogP contribution < -0.4 is 0 Å². The summed E-state index contributed by atoms with van der Waals surface area (Å²) in [6.45, 7) is 0. The Morgan fingerprint density at radius 1 is 0.303 bits per heavy atom. The summed E-state index contributed by atoms with van der Waals surface area (Å²) >= 11 is 0. The first kappa shape index (κ1) is 38.8. The van der Waals surface area contributed by atoms with Crippen molar-refractivity contribution in [1.82, 2.24) is 9.13 Å². The molecule has 310 valence electrons. The minimum atomic E-state index is -0.825. The zero-order chi connectivity index (χ0) is 44.3. The molecule has 2 heterocycles. The van der Waals surface area contributed by atoms with E-state index in [9.17, 15) is 5.26 Å². The molecule has 0 aliphatic carbocycles. The lowest BCUT2D eigenvalue weighted by molar-refractivity contribution is 0.588. The number of benzene rings is 10. The molecule has 0 amide bonds. The van der Waals surface area contributed by atoms with Crippen LogP contribution in [0.3, 0.4) is 0 Å². The molecule has 0 N–H and O–H groups in total. The first-order valence-corrected chi connectivity index (χ1v) is 21.9. The molecule has 5 heteroatoms. The molecule has 0 aliphatic heterocycles. The summed E-state index contributed by atoms with van der Waals surface area (Å²) < 4.78 is 38.6. The summed E-state index contributed by atoms with van der Waals surface area (Å²) in [5, 5.41) is 13.9. The third-order valence-electron chi connectivity index (χ3n) is 12.9. The lowest BCUT2D eigenvalue weighted by Crippen LogP contribution is -2.06. The van der Waals surface area contributed by atoms with Gasteiger partial charge in [0.05, 0.1) is 50.6 Å². The van der Waals surface area contributed by atoms with Crippen molar-refractivity contribution in [3.8, 4) is 73.1 Å². The highest BCUT2D eigenvalue weighted by molar-refractivity contribution is 6.14. The molecule has 0 unspecified atom stereocenters. The highest BCUT2D eigenvalue weighted by atomic mass is 19.1. The Balaban J connectivity index is 1.22. The van der Waals surface area contributed by atoms with Crippen molar-refractivity contribution in [2.24, 2.45) is 0 Å². The average molecular weight is 850 g/mol. The summed E-state index contributed by atoms with van der Waals surface area (Å²) in [4.78, 5) is 0. The van der Waals surface area contributed by atoms with E-state index in [1.54, 1.807) is 0 Å². The molecule has 10 aromatic carbocycles. The molecule has 0 fully saturated rings. The van der Waals surface area contributed by atoms with E-state index in [0.29, 0.717) is 16.9 Å². The molecule has 0 bridgehead atoms. The van der Waals surface area contributed by atoms with Gasteiger partial charge in [-0.2, -0.15) is 5.26 Å². The molecular weight excluding hydrogens is 813 g/mol. The number of aromatic nitrogens is 2. The predicted molar refractivity (Wildman–Crippen MR) is 267 cm³/mol. The smallest absolute Gasteiger partial charge is 0.135 e. The van der Waals surface area contributed by atoms with Crippen molar-refractivity contribution in [2.75, 3.05) is 0 Å². The Kier molecular flexibility index (Phi) is 9.25. The van der Waals surface area contributed by atoms with Gasteiger partial charge in [-0.05, 0) is 105 Å². The number of hydrogen-bond acceptors (Lipinski definition) is 1. The second kappa shape index (κ2) is 15.7. The first-order chi connectivity index (χ1) is 32.5. The molecular formula is C61H37F2N3. The average Bonchev–Trinajstić information content (AvgIpc) is 3.88. The molecule has 66 heavy (non-hydrogen) atoms. The van der Waals surface area contributed by atoms with Gasteiger partial charge >= 0.3 is 0 Å². The number of nitriles is 1. The van der Waals surface area contributed by atoms with Crippen LogP contribution in [0, 0.1) is 23.0 Å². The molecule has 0 spiro atoms. The van der Waals surface area contributed by atoms with Crippen molar-refractivity contribution in [3.63, 3.8) is 0 Å². The number of nitrogens with zero attached hydrogens (tertiary/aromatic N) is 3. The van der Waals surface area contributed by atoms with E-state index in [4.69, 9.17) is 0 Å². The molecule has 0 atom stereocenters. The number of fused-ring (bicyclic) bond motifs is 6. The third-order valence-corrected chi connectivity index (χ3v) is 12.9. The number of rotatable bonds is 7. The summed E-state index contributed by atoms with van der Waals surface area (Å²) in [6, 6.07) is 76.9. The summed E-state index contributed by atoms with van der Waals surface area (Å²) in [5.41, 5.74) is 13.1. The van der Waals surface area contributed by atoms with E-state index in [1.165, 1.54) is 0 Å². The van der Waals surface area contributed by atoms with Crippen molar-refractivity contribution >= 4 is 43.6 Å². The van der Waals surface area contributed by atoms with E-state index in [0.717, 1.165) is 100 Å². The normalized spacial score (nSPS) is 11.5. The van der Waals surface area contributed by atoms with Crippen LogP contribution in [-0.2, 0) is 0 Å². The van der Waals surface area contributed by atoms with Crippen LogP contribution in [0.5, 0.6) is 0 Å².